The second-order valence-corrected chi connectivity index (χ2v) is 6.33. The highest BCUT2D eigenvalue weighted by molar-refractivity contribution is 7.89. The Hall–Kier alpha value is -2.16. The normalized spacial score (nSPS) is 21.2. The molecule has 0 aromatic heterocycles. The number of nitrogens with one attached hydrogen (secondary N) is 3. The second kappa shape index (κ2) is 5.08. The summed E-state index contributed by atoms with van der Waals surface area (Å²) in [5, 5.41) is 12.6. The van der Waals surface area contributed by atoms with Crippen LogP contribution in [-0.2, 0) is 14.8 Å². The number of rotatable bonds is 3. The molecule has 1 aliphatic rings. The molecule has 0 saturated carbocycles. The quantitative estimate of drug-likeness (QED) is 0.696. The topological polar surface area (TPSA) is 102 Å². The Bertz CT molecular complexity index is 662. The summed E-state index contributed by atoms with van der Waals surface area (Å²) in [4.78, 5) is 10.4. The van der Waals surface area contributed by atoms with Gasteiger partial charge in [-0.1, -0.05) is 0 Å². The third-order valence-electron chi connectivity index (χ3n) is 3.02. The van der Waals surface area contributed by atoms with E-state index in [1.807, 2.05) is 0 Å². The lowest BCUT2D eigenvalue weighted by molar-refractivity contribution is -0.105. The lowest BCUT2D eigenvalue weighted by Crippen LogP contribution is -2.52. The predicted octanol–water partition coefficient (Wildman–Crippen LogP) is 0.235. The zero-order chi connectivity index (χ0) is 14.9. The zero-order valence-electron chi connectivity index (χ0n) is 10.6. The first-order valence-electron chi connectivity index (χ1n) is 5.66. The van der Waals surface area contributed by atoms with E-state index in [0.29, 0.717) is 12.1 Å². The van der Waals surface area contributed by atoms with E-state index < -0.39 is 21.9 Å². The van der Waals surface area contributed by atoms with Gasteiger partial charge in [-0.25, -0.2) is 17.1 Å². The molecule has 9 heteroatoms. The Kier molecular flexibility index (Phi) is 3.62. The Balaban J connectivity index is 2.39. The molecule has 108 valence electrons. The SMILES string of the molecule is CN1C(=N)NC(c2cc(NC=O)ccc2F)CS1(=O)=O. The molecule has 1 aromatic carbocycles. The van der Waals surface area contributed by atoms with Crippen LogP contribution in [0.4, 0.5) is 10.1 Å². The number of benzene rings is 1. The molecule has 20 heavy (non-hydrogen) atoms. The van der Waals surface area contributed by atoms with Gasteiger partial charge in [-0.05, 0) is 18.2 Å². The molecule has 0 spiro atoms. The number of carbonyl (C=O) groups excluding carboxylic acids is 1. The third kappa shape index (κ3) is 2.57. The van der Waals surface area contributed by atoms with Gasteiger partial charge in [-0.15, -0.1) is 0 Å². The van der Waals surface area contributed by atoms with Crippen LogP contribution in [0.5, 0.6) is 0 Å². The maximum absolute atomic E-state index is 13.8. The number of nitrogens with zero attached hydrogens (tertiary/aromatic N) is 1. The van der Waals surface area contributed by atoms with Crippen molar-refractivity contribution in [2.45, 2.75) is 6.04 Å². The number of halogens is 1. The number of hydrogen-bond donors (Lipinski definition) is 3. The summed E-state index contributed by atoms with van der Waals surface area (Å²) < 4.78 is 38.3. The highest BCUT2D eigenvalue weighted by Gasteiger charge is 2.34. The molecule has 7 nitrogen and oxygen atoms in total. The first kappa shape index (κ1) is 14.3. The van der Waals surface area contributed by atoms with Gasteiger partial charge in [0, 0.05) is 18.3 Å². The summed E-state index contributed by atoms with van der Waals surface area (Å²) in [6.45, 7) is 0. The summed E-state index contributed by atoms with van der Waals surface area (Å²) in [5.41, 5.74) is 0.430. The Morgan fingerprint density at radius 3 is 2.85 bits per heavy atom. The highest BCUT2D eigenvalue weighted by Crippen LogP contribution is 2.25. The molecule has 1 saturated heterocycles. The van der Waals surface area contributed by atoms with Crippen LogP contribution < -0.4 is 10.6 Å². The lowest BCUT2D eigenvalue weighted by Gasteiger charge is -2.32. The molecule has 0 aliphatic carbocycles. The van der Waals surface area contributed by atoms with Gasteiger partial charge in [0.15, 0.2) is 0 Å². The van der Waals surface area contributed by atoms with Crippen molar-refractivity contribution >= 4 is 28.1 Å². The third-order valence-corrected chi connectivity index (χ3v) is 4.79. The molecule has 1 amide bonds. The summed E-state index contributed by atoms with van der Waals surface area (Å²) in [6.07, 6.45) is 0.442. The van der Waals surface area contributed by atoms with Crippen LogP contribution >= 0.6 is 0 Å². The molecule has 0 bridgehead atoms. The number of anilines is 1. The van der Waals surface area contributed by atoms with E-state index in [4.69, 9.17) is 5.41 Å². The van der Waals surface area contributed by atoms with Gasteiger partial charge < -0.3 is 10.6 Å². The minimum atomic E-state index is -3.66. The fourth-order valence-electron chi connectivity index (χ4n) is 1.90. The van der Waals surface area contributed by atoms with E-state index >= 15 is 0 Å². The monoisotopic (exact) mass is 300 g/mol. The van der Waals surface area contributed by atoms with Crippen LogP contribution in [-0.4, -0.2) is 37.9 Å². The molecule has 1 aliphatic heterocycles. The van der Waals surface area contributed by atoms with Crippen LogP contribution in [0.25, 0.3) is 0 Å². The van der Waals surface area contributed by atoms with Gasteiger partial charge in [-0.2, -0.15) is 0 Å². The van der Waals surface area contributed by atoms with Crippen LogP contribution in [0.2, 0.25) is 0 Å². The van der Waals surface area contributed by atoms with Crippen molar-refractivity contribution in [3.05, 3.63) is 29.6 Å². The minimum absolute atomic E-state index is 0.0817. The summed E-state index contributed by atoms with van der Waals surface area (Å²) >= 11 is 0. The molecule has 1 fully saturated rings. The average molecular weight is 300 g/mol. The number of guanidine groups is 1. The first-order chi connectivity index (χ1) is 9.35. The van der Waals surface area contributed by atoms with E-state index in [9.17, 15) is 17.6 Å². The van der Waals surface area contributed by atoms with Gasteiger partial charge in [0.05, 0.1) is 11.8 Å². The van der Waals surface area contributed by atoms with Gasteiger partial charge >= 0.3 is 0 Å². The van der Waals surface area contributed by atoms with Gasteiger partial charge in [0.1, 0.15) is 5.82 Å². The van der Waals surface area contributed by atoms with Gasteiger partial charge in [-0.3, -0.25) is 10.2 Å². The minimum Gasteiger partial charge on any atom is -0.348 e. The average Bonchev–Trinajstić information content (AvgIpc) is 2.38. The van der Waals surface area contributed by atoms with Crippen molar-refractivity contribution in [3.8, 4) is 0 Å². The van der Waals surface area contributed by atoms with E-state index in [2.05, 4.69) is 10.6 Å². The molecular weight excluding hydrogens is 287 g/mol. The predicted molar refractivity (Wildman–Crippen MR) is 71.2 cm³/mol. The molecule has 1 unspecified atom stereocenters. The van der Waals surface area contributed by atoms with Crippen molar-refractivity contribution in [2.24, 2.45) is 0 Å². The Morgan fingerprint density at radius 2 is 2.25 bits per heavy atom. The van der Waals surface area contributed by atoms with Gasteiger partial charge in [0.25, 0.3) is 0 Å². The number of hydrogen-bond acceptors (Lipinski definition) is 4. The maximum atomic E-state index is 13.8. The van der Waals surface area contributed by atoms with Crippen LogP contribution in [0.3, 0.4) is 0 Å². The fourth-order valence-corrected chi connectivity index (χ4v) is 3.13. The van der Waals surface area contributed by atoms with Crippen molar-refractivity contribution in [2.75, 3.05) is 18.1 Å². The van der Waals surface area contributed by atoms with E-state index in [0.717, 1.165) is 10.4 Å². The second-order valence-electron chi connectivity index (χ2n) is 4.29. The number of amides is 1. The molecular formula is C11H13FN4O3S. The summed E-state index contributed by atoms with van der Waals surface area (Å²) in [6, 6.07) is 2.96. The molecule has 3 N–H and O–H groups in total. The highest BCUT2D eigenvalue weighted by atomic mass is 32.2. The molecule has 1 atom stereocenters. The summed E-state index contributed by atoms with van der Waals surface area (Å²) in [5.74, 6) is -1.30. The van der Waals surface area contributed by atoms with Crippen LogP contribution in [0.1, 0.15) is 11.6 Å². The summed E-state index contributed by atoms with van der Waals surface area (Å²) in [7, 11) is -2.41. The molecule has 1 aromatic rings. The standard InChI is InChI=1S/C11H13FN4O3S/c1-16-11(13)15-10(5-20(16,18)19)8-4-7(14-6-17)2-3-9(8)12/h2-4,6,10H,5H2,1H3,(H2,13,15)(H,14,17). The number of sulfonamides is 1. The maximum Gasteiger partial charge on any atom is 0.239 e. The van der Waals surface area contributed by atoms with Crippen LogP contribution in [0, 0.1) is 11.2 Å². The smallest absolute Gasteiger partial charge is 0.239 e. The number of carbonyl (C=O) groups is 1. The largest absolute Gasteiger partial charge is 0.348 e. The molecule has 1 heterocycles. The van der Waals surface area contributed by atoms with Crippen LogP contribution in [0.15, 0.2) is 18.2 Å². The lowest BCUT2D eigenvalue weighted by atomic mass is 10.1. The first-order valence-corrected chi connectivity index (χ1v) is 7.27. The van der Waals surface area contributed by atoms with E-state index in [1.54, 1.807) is 0 Å². The van der Waals surface area contributed by atoms with Crippen molar-refractivity contribution < 1.29 is 17.6 Å². The van der Waals surface area contributed by atoms with Crippen molar-refractivity contribution in [1.29, 1.82) is 5.41 Å². The van der Waals surface area contributed by atoms with E-state index in [1.165, 1.54) is 19.2 Å². The van der Waals surface area contributed by atoms with Crippen molar-refractivity contribution in [1.82, 2.24) is 9.62 Å². The van der Waals surface area contributed by atoms with Crippen molar-refractivity contribution in [3.63, 3.8) is 0 Å². The van der Waals surface area contributed by atoms with Gasteiger partial charge in [0.2, 0.25) is 22.4 Å². The zero-order valence-corrected chi connectivity index (χ0v) is 11.4. The Labute approximate surface area is 115 Å². The van der Waals surface area contributed by atoms with E-state index in [-0.39, 0.29) is 17.3 Å². The molecule has 2 rings (SSSR count). The fraction of sp³-hybridized carbons (Fsp3) is 0.273. The Morgan fingerprint density at radius 1 is 1.55 bits per heavy atom. The molecule has 0 radical (unpaired) electrons.